The van der Waals surface area contributed by atoms with Gasteiger partial charge in [-0.3, -0.25) is 4.79 Å². The van der Waals surface area contributed by atoms with Crippen molar-refractivity contribution < 1.29 is 4.79 Å². The number of aryl methyl sites for hydroxylation is 1. The quantitative estimate of drug-likeness (QED) is 0.829. The van der Waals surface area contributed by atoms with Crippen LogP contribution in [0.25, 0.3) is 10.9 Å². The summed E-state index contributed by atoms with van der Waals surface area (Å²) in [7, 11) is 0. The number of hydrogen-bond acceptors (Lipinski definition) is 2. The van der Waals surface area contributed by atoms with Crippen molar-refractivity contribution in [3.8, 4) is 0 Å². The average molecular weight is 256 g/mol. The number of fused-ring (bicyclic) bond motifs is 1. The van der Waals surface area contributed by atoms with Crippen molar-refractivity contribution in [1.82, 2.24) is 10.3 Å². The summed E-state index contributed by atoms with van der Waals surface area (Å²) in [6.07, 6.45) is 6.14. The van der Waals surface area contributed by atoms with Gasteiger partial charge in [0.25, 0.3) is 0 Å². The van der Waals surface area contributed by atoms with Gasteiger partial charge in [0.2, 0.25) is 0 Å². The van der Waals surface area contributed by atoms with Crippen LogP contribution in [0.3, 0.4) is 0 Å². The second-order valence-corrected chi connectivity index (χ2v) is 5.30. The Bertz CT molecular complexity index is 594. The van der Waals surface area contributed by atoms with Gasteiger partial charge >= 0.3 is 0 Å². The fourth-order valence-electron chi connectivity index (χ4n) is 2.85. The highest BCUT2D eigenvalue weighted by Gasteiger charge is 2.23. The summed E-state index contributed by atoms with van der Waals surface area (Å²) in [5.41, 5.74) is 3.17. The van der Waals surface area contributed by atoms with Gasteiger partial charge in [-0.15, -0.1) is 0 Å². The summed E-state index contributed by atoms with van der Waals surface area (Å²) in [6, 6.07) is 6.32. The number of benzene rings is 1. The molecule has 1 aromatic carbocycles. The van der Waals surface area contributed by atoms with E-state index in [-0.39, 0.29) is 11.8 Å². The van der Waals surface area contributed by atoms with Crippen molar-refractivity contribution >= 4 is 16.7 Å². The van der Waals surface area contributed by atoms with Crippen LogP contribution in [0.4, 0.5) is 0 Å². The second-order valence-electron chi connectivity index (χ2n) is 5.30. The van der Waals surface area contributed by atoms with Crippen LogP contribution < -0.4 is 5.32 Å². The van der Waals surface area contributed by atoms with E-state index in [0.717, 1.165) is 42.3 Å². The van der Waals surface area contributed by atoms with Gasteiger partial charge in [-0.25, -0.2) is 0 Å². The highest BCUT2D eigenvalue weighted by atomic mass is 16.1. The first-order valence-electron chi connectivity index (χ1n) is 7.17. The molecule has 3 nitrogen and oxygen atoms in total. The summed E-state index contributed by atoms with van der Waals surface area (Å²) in [6.45, 7) is 3.09. The maximum Gasteiger partial charge on any atom is 0.181 e. The molecule has 3 heteroatoms. The van der Waals surface area contributed by atoms with E-state index < -0.39 is 0 Å². The lowest BCUT2D eigenvalue weighted by molar-refractivity contribution is 0.0929. The number of ketones is 1. The van der Waals surface area contributed by atoms with Crippen LogP contribution in [0.1, 0.15) is 42.1 Å². The van der Waals surface area contributed by atoms with E-state index in [2.05, 4.69) is 35.4 Å². The third kappa shape index (κ3) is 2.30. The minimum atomic E-state index is -0.00182. The van der Waals surface area contributed by atoms with E-state index in [9.17, 15) is 4.79 Å². The molecule has 0 spiro atoms. The molecular weight excluding hydrogens is 236 g/mol. The molecule has 2 aromatic rings. The summed E-state index contributed by atoms with van der Waals surface area (Å²) < 4.78 is 0. The molecule has 2 heterocycles. The van der Waals surface area contributed by atoms with Gasteiger partial charge in [-0.05, 0) is 43.5 Å². The van der Waals surface area contributed by atoms with Gasteiger partial charge < -0.3 is 10.3 Å². The summed E-state index contributed by atoms with van der Waals surface area (Å²) in [5, 5.41) is 4.40. The Morgan fingerprint density at radius 1 is 1.37 bits per heavy atom. The monoisotopic (exact) mass is 256 g/mol. The van der Waals surface area contributed by atoms with Gasteiger partial charge in [-0.1, -0.05) is 19.4 Å². The molecule has 19 heavy (non-hydrogen) atoms. The van der Waals surface area contributed by atoms with Crippen molar-refractivity contribution in [3.05, 3.63) is 35.5 Å². The number of rotatable bonds is 3. The molecule has 1 aliphatic rings. The number of H-pyrrole nitrogens is 1. The van der Waals surface area contributed by atoms with E-state index in [1.54, 1.807) is 0 Å². The van der Waals surface area contributed by atoms with Gasteiger partial charge in [-0.2, -0.15) is 0 Å². The number of Topliss-reactive ketones (excluding diaryl/α,β-unsaturated/α-hetero) is 1. The number of aromatic amines is 1. The molecule has 1 unspecified atom stereocenters. The molecule has 0 saturated carbocycles. The number of nitrogens with one attached hydrogen (secondary N) is 2. The maximum atomic E-state index is 12.6. The maximum absolute atomic E-state index is 12.6. The van der Waals surface area contributed by atoms with Crippen molar-refractivity contribution in [3.63, 3.8) is 0 Å². The highest BCUT2D eigenvalue weighted by molar-refractivity contribution is 6.10. The van der Waals surface area contributed by atoms with E-state index >= 15 is 0 Å². The Labute approximate surface area is 113 Å². The Morgan fingerprint density at radius 2 is 2.26 bits per heavy atom. The molecule has 0 bridgehead atoms. The number of carbonyl (C=O) groups excluding carboxylic acids is 1. The standard InChI is InChI=1S/C16H20N2O/c1-2-11-6-7-14-12(9-11)13(10-18-14)16(19)15-5-3-4-8-17-15/h6-7,9-10,15,17-18H,2-5,8H2,1H3. The lowest BCUT2D eigenvalue weighted by Gasteiger charge is -2.21. The van der Waals surface area contributed by atoms with Gasteiger partial charge in [0.05, 0.1) is 6.04 Å². The Morgan fingerprint density at radius 3 is 3.00 bits per heavy atom. The van der Waals surface area contributed by atoms with E-state index in [1.807, 2.05) is 6.20 Å². The normalized spacial score (nSPS) is 19.7. The van der Waals surface area contributed by atoms with Crippen LogP contribution in [0.5, 0.6) is 0 Å². The second kappa shape index (κ2) is 5.17. The first kappa shape index (κ1) is 12.4. The Balaban J connectivity index is 1.97. The summed E-state index contributed by atoms with van der Waals surface area (Å²) >= 11 is 0. The van der Waals surface area contributed by atoms with Crippen LogP contribution in [-0.4, -0.2) is 23.4 Å². The number of hydrogen-bond donors (Lipinski definition) is 2. The molecule has 0 radical (unpaired) electrons. The fourth-order valence-corrected chi connectivity index (χ4v) is 2.85. The van der Waals surface area contributed by atoms with Crippen LogP contribution in [-0.2, 0) is 6.42 Å². The molecular formula is C16H20N2O. The SMILES string of the molecule is CCc1ccc2[nH]cc(C(=O)C3CCCCN3)c2c1. The number of aromatic nitrogens is 1. The molecule has 1 atom stereocenters. The molecule has 0 aliphatic carbocycles. The highest BCUT2D eigenvalue weighted by Crippen LogP contribution is 2.23. The summed E-state index contributed by atoms with van der Waals surface area (Å²) in [4.78, 5) is 15.8. The molecule has 0 amide bonds. The van der Waals surface area contributed by atoms with E-state index in [1.165, 1.54) is 12.0 Å². The number of piperidine rings is 1. The van der Waals surface area contributed by atoms with Gasteiger partial charge in [0, 0.05) is 22.7 Å². The summed E-state index contributed by atoms with van der Waals surface area (Å²) in [5.74, 6) is 0.235. The smallest absolute Gasteiger partial charge is 0.181 e. The minimum absolute atomic E-state index is 0.00182. The van der Waals surface area contributed by atoms with Crippen LogP contribution >= 0.6 is 0 Å². The van der Waals surface area contributed by atoms with Crippen LogP contribution in [0, 0.1) is 0 Å². The molecule has 3 rings (SSSR count). The van der Waals surface area contributed by atoms with Crippen molar-refractivity contribution in [2.24, 2.45) is 0 Å². The third-order valence-electron chi connectivity index (χ3n) is 4.05. The predicted octanol–water partition coefficient (Wildman–Crippen LogP) is 3.06. The zero-order valence-electron chi connectivity index (χ0n) is 11.3. The first-order valence-corrected chi connectivity index (χ1v) is 7.17. The Kier molecular flexibility index (Phi) is 3.38. The Hall–Kier alpha value is -1.61. The van der Waals surface area contributed by atoms with Crippen LogP contribution in [0.2, 0.25) is 0 Å². The largest absolute Gasteiger partial charge is 0.360 e. The fraction of sp³-hybridized carbons (Fsp3) is 0.438. The zero-order valence-corrected chi connectivity index (χ0v) is 11.3. The third-order valence-corrected chi connectivity index (χ3v) is 4.05. The predicted molar refractivity (Wildman–Crippen MR) is 77.6 cm³/mol. The lowest BCUT2D eigenvalue weighted by Crippen LogP contribution is -2.40. The van der Waals surface area contributed by atoms with Crippen molar-refractivity contribution in [1.29, 1.82) is 0 Å². The van der Waals surface area contributed by atoms with Gasteiger partial charge in [0.1, 0.15) is 0 Å². The first-order chi connectivity index (χ1) is 9.29. The minimum Gasteiger partial charge on any atom is -0.360 e. The molecule has 1 saturated heterocycles. The van der Waals surface area contributed by atoms with Crippen molar-refractivity contribution in [2.45, 2.75) is 38.6 Å². The molecule has 1 aliphatic heterocycles. The van der Waals surface area contributed by atoms with Gasteiger partial charge in [0.15, 0.2) is 5.78 Å². The van der Waals surface area contributed by atoms with Crippen molar-refractivity contribution in [2.75, 3.05) is 6.54 Å². The lowest BCUT2D eigenvalue weighted by atomic mass is 9.95. The molecule has 1 fully saturated rings. The van der Waals surface area contributed by atoms with E-state index in [0.29, 0.717) is 0 Å². The topological polar surface area (TPSA) is 44.9 Å². The molecule has 100 valence electrons. The van der Waals surface area contributed by atoms with Crippen LogP contribution in [0.15, 0.2) is 24.4 Å². The van der Waals surface area contributed by atoms with E-state index in [4.69, 9.17) is 0 Å². The molecule has 1 aromatic heterocycles. The molecule has 2 N–H and O–H groups in total. The zero-order chi connectivity index (χ0) is 13.2. The number of carbonyl (C=O) groups is 1. The average Bonchev–Trinajstić information content (AvgIpc) is 2.90.